The first-order valence-corrected chi connectivity index (χ1v) is 11.8. The summed E-state index contributed by atoms with van der Waals surface area (Å²) in [7, 11) is -3.51. The minimum absolute atomic E-state index is 0.0657. The van der Waals surface area contributed by atoms with Crippen LogP contribution in [0.25, 0.3) is 16.8 Å². The summed E-state index contributed by atoms with van der Waals surface area (Å²) in [5.74, 6) is -1.32. The van der Waals surface area contributed by atoms with Crippen LogP contribution in [-0.2, 0) is 16.4 Å². The fraction of sp³-hybridized carbons (Fsp3) is 0.0870. The van der Waals surface area contributed by atoms with Gasteiger partial charge >= 0.3 is 0 Å². The number of hydrogen-bond acceptors (Lipinski definition) is 6. The van der Waals surface area contributed by atoms with Gasteiger partial charge in [-0.25, -0.2) is 17.5 Å². The van der Waals surface area contributed by atoms with Crippen molar-refractivity contribution in [1.29, 1.82) is 0 Å². The molecule has 8 nitrogen and oxygen atoms in total. The lowest BCUT2D eigenvalue weighted by molar-refractivity contribution is 0.101. The van der Waals surface area contributed by atoms with E-state index in [4.69, 9.17) is 5.73 Å². The Labute approximate surface area is 189 Å². The van der Waals surface area contributed by atoms with Crippen LogP contribution < -0.4 is 11.1 Å². The van der Waals surface area contributed by atoms with Crippen LogP contribution in [0.4, 0.5) is 10.1 Å². The molecule has 0 bridgehead atoms. The highest BCUT2D eigenvalue weighted by molar-refractivity contribution is 7.90. The van der Waals surface area contributed by atoms with Crippen LogP contribution in [-0.4, -0.2) is 35.6 Å². The summed E-state index contributed by atoms with van der Waals surface area (Å²) in [6.45, 7) is 0.323. The maximum Gasteiger partial charge on any atom is 0.276 e. The Morgan fingerprint density at radius 3 is 2.61 bits per heavy atom. The van der Waals surface area contributed by atoms with Gasteiger partial charge in [-0.2, -0.15) is 0 Å². The number of halogens is 1. The molecule has 1 heterocycles. The van der Waals surface area contributed by atoms with E-state index in [-0.39, 0.29) is 16.3 Å². The maximum atomic E-state index is 14.9. The van der Waals surface area contributed by atoms with Gasteiger partial charge in [0.1, 0.15) is 5.82 Å². The molecule has 0 saturated carbocycles. The molecule has 0 saturated heterocycles. The fourth-order valence-electron chi connectivity index (χ4n) is 3.39. The van der Waals surface area contributed by atoms with Crippen molar-refractivity contribution >= 4 is 21.4 Å². The van der Waals surface area contributed by atoms with Crippen molar-refractivity contribution in [2.24, 2.45) is 5.73 Å². The van der Waals surface area contributed by atoms with Crippen molar-refractivity contribution in [2.75, 3.05) is 11.6 Å². The zero-order valence-electron chi connectivity index (χ0n) is 17.6. The summed E-state index contributed by atoms with van der Waals surface area (Å²) < 4.78 is 40.4. The maximum absolute atomic E-state index is 14.9. The Morgan fingerprint density at radius 2 is 1.88 bits per heavy atom. The summed E-state index contributed by atoms with van der Waals surface area (Å²) in [5, 5.41) is 10.3. The van der Waals surface area contributed by atoms with Crippen LogP contribution in [0.3, 0.4) is 0 Å². The largest absolute Gasteiger partial charge is 0.326 e. The molecule has 1 aromatic heterocycles. The van der Waals surface area contributed by atoms with Gasteiger partial charge < -0.3 is 11.1 Å². The molecule has 0 aliphatic rings. The number of aromatic nitrogens is 3. The molecule has 4 aromatic rings. The number of nitrogens with zero attached hydrogens (tertiary/aromatic N) is 3. The number of rotatable bonds is 6. The third-order valence-corrected chi connectivity index (χ3v) is 6.14. The van der Waals surface area contributed by atoms with Gasteiger partial charge in [0.05, 0.1) is 22.5 Å². The molecule has 0 radical (unpaired) electrons. The molecule has 0 spiro atoms. The monoisotopic (exact) mass is 465 g/mol. The first kappa shape index (κ1) is 22.3. The van der Waals surface area contributed by atoms with Gasteiger partial charge in [0, 0.05) is 18.4 Å². The van der Waals surface area contributed by atoms with Crippen LogP contribution in [0.5, 0.6) is 0 Å². The number of anilines is 1. The normalized spacial score (nSPS) is 11.4. The zero-order chi connectivity index (χ0) is 23.6. The van der Waals surface area contributed by atoms with Gasteiger partial charge in [-0.3, -0.25) is 4.79 Å². The first-order valence-electron chi connectivity index (χ1n) is 9.88. The first-order chi connectivity index (χ1) is 15.8. The smallest absolute Gasteiger partial charge is 0.276 e. The molecule has 0 aliphatic carbocycles. The predicted octanol–water partition coefficient (Wildman–Crippen LogP) is 3.19. The zero-order valence-corrected chi connectivity index (χ0v) is 18.4. The highest BCUT2D eigenvalue weighted by atomic mass is 32.2. The summed E-state index contributed by atoms with van der Waals surface area (Å²) >= 11 is 0. The topological polar surface area (TPSA) is 120 Å². The molecule has 0 atom stereocenters. The lowest BCUT2D eigenvalue weighted by atomic mass is 10.0. The van der Waals surface area contributed by atoms with E-state index < -0.39 is 21.6 Å². The van der Waals surface area contributed by atoms with Crippen LogP contribution in [0.1, 0.15) is 16.1 Å². The van der Waals surface area contributed by atoms with Crippen LogP contribution in [0, 0.1) is 5.82 Å². The fourth-order valence-corrected chi connectivity index (χ4v) is 4.31. The quantitative estimate of drug-likeness (QED) is 0.451. The van der Waals surface area contributed by atoms with Gasteiger partial charge in [0.2, 0.25) is 0 Å². The highest BCUT2D eigenvalue weighted by Gasteiger charge is 2.18. The lowest BCUT2D eigenvalue weighted by Gasteiger charge is -2.11. The minimum atomic E-state index is -3.51. The highest BCUT2D eigenvalue weighted by Crippen LogP contribution is 2.30. The molecule has 1 amide bonds. The molecular weight excluding hydrogens is 445 g/mol. The van der Waals surface area contributed by atoms with E-state index >= 15 is 0 Å². The third-order valence-electron chi connectivity index (χ3n) is 4.99. The van der Waals surface area contributed by atoms with Crippen molar-refractivity contribution in [3.63, 3.8) is 0 Å². The van der Waals surface area contributed by atoms with E-state index in [1.807, 2.05) is 6.07 Å². The summed E-state index contributed by atoms with van der Waals surface area (Å²) in [6, 6.07) is 17.6. The summed E-state index contributed by atoms with van der Waals surface area (Å²) in [4.78, 5) is 12.9. The second-order valence-corrected chi connectivity index (χ2v) is 9.31. The number of nitrogens with one attached hydrogen (secondary N) is 1. The third kappa shape index (κ3) is 4.66. The molecular formula is C23H20FN5O3S. The van der Waals surface area contributed by atoms with Gasteiger partial charge in [-0.05, 0) is 41.5 Å². The van der Waals surface area contributed by atoms with E-state index in [2.05, 4.69) is 15.6 Å². The standard InChI is InChI=1S/C23H20FN5O3S/c1-33(31,32)22-8-3-2-7-18(22)16-9-10-20(19(24)12-16)27-23(30)21-14-26-28-29(21)17-6-4-5-15(11-17)13-25/h2-12,14H,13,25H2,1H3,(H,27,30). The average Bonchev–Trinajstić information content (AvgIpc) is 3.30. The molecule has 168 valence electrons. The van der Waals surface area contributed by atoms with E-state index in [1.165, 1.54) is 29.1 Å². The average molecular weight is 466 g/mol. The van der Waals surface area contributed by atoms with Gasteiger partial charge in [0.15, 0.2) is 15.5 Å². The van der Waals surface area contributed by atoms with Crippen molar-refractivity contribution in [3.8, 4) is 16.8 Å². The van der Waals surface area contributed by atoms with Gasteiger partial charge in [-0.15, -0.1) is 5.10 Å². The van der Waals surface area contributed by atoms with Crippen LogP contribution >= 0.6 is 0 Å². The van der Waals surface area contributed by atoms with Crippen LogP contribution in [0.15, 0.2) is 77.8 Å². The molecule has 3 N–H and O–H groups in total. The van der Waals surface area contributed by atoms with Crippen molar-refractivity contribution < 1.29 is 17.6 Å². The summed E-state index contributed by atoms with van der Waals surface area (Å²) in [5.41, 5.74) is 7.91. The Hall–Kier alpha value is -3.89. The second kappa shape index (κ2) is 8.93. The minimum Gasteiger partial charge on any atom is -0.326 e. The van der Waals surface area contributed by atoms with E-state index in [0.717, 1.165) is 11.8 Å². The van der Waals surface area contributed by atoms with Crippen LogP contribution in [0.2, 0.25) is 0 Å². The van der Waals surface area contributed by atoms with Crippen molar-refractivity contribution in [3.05, 3.63) is 90.0 Å². The van der Waals surface area contributed by atoms with Crippen molar-refractivity contribution in [2.45, 2.75) is 11.4 Å². The second-order valence-electron chi connectivity index (χ2n) is 7.32. The number of carbonyl (C=O) groups excluding carboxylic acids is 1. The Kier molecular flexibility index (Phi) is 6.03. The molecule has 10 heteroatoms. The number of benzene rings is 3. The number of carbonyl (C=O) groups is 1. The Balaban J connectivity index is 1.62. The summed E-state index contributed by atoms with van der Waals surface area (Å²) in [6.07, 6.45) is 2.37. The van der Waals surface area contributed by atoms with Crippen molar-refractivity contribution in [1.82, 2.24) is 15.0 Å². The SMILES string of the molecule is CS(=O)(=O)c1ccccc1-c1ccc(NC(=O)c2cnnn2-c2cccc(CN)c2)c(F)c1. The van der Waals surface area contributed by atoms with E-state index in [9.17, 15) is 17.6 Å². The molecule has 4 rings (SSSR count). The van der Waals surface area contributed by atoms with Gasteiger partial charge in [0.25, 0.3) is 5.91 Å². The number of hydrogen-bond donors (Lipinski definition) is 2. The predicted molar refractivity (Wildman–Crippen MR) is 122 cm³/mol. The van der Waals surface area contributed by atoms with E-state index in [1.54, 1.807) is 42.5 Å². The lowest BCUT2D eigenvalue weighted by Crippen LogP contribution is -2.18. The number of sulfone groups is 1. The number of amides is 1. The van der Waals surface area contributed by atoms with Gasteiger partial charge in [-0.1, -0.05) is 41.6 Å². The Bertz CT molecular complexity index is 1450. The molecule has 0 aliphatic heterocycles. The molecule has 0 unspecified atom stereocenters. The molecule has 33 heavy (non-hydrogen) atoms. The number of nitrogens with two attached hydrogens (primary N) is 1. The van der Waals surface area contributed by atoms with E-state index in [0.29, 0.717) is 23.4 Å². The Morgan fingerprint density at radius 1 is 1.09 bits per heavy atom. The molecule has 3 aromatic carbocycles. The molecule has 0 fully saturated rings.